The van der Waals surface area contributed by atoms with E-state index in [2.05, 4.69) is 0 Å². The summed E-state index contributed by atoms with van der Waals surface area (Å²) >= 11 is 0. The van der Waals surface area contributed by atoms with Crippen LogP contribution in [0.4, 0.5) is 0 Å². The van der Waals surface area contributed by atoms with Crippen LogP contribution >= 0.6 is 0 Å². The van der Waals surface area contributed by atoms with E-state index in [1.54, 1.807) is 0 Å². The summed E-state index contributed by atoms with van der Waals surface area (Å²) in [5, 5.41) is 55.4. The molecule has 0 radical (unpaired) electrons. The lowest BCUT2D eigenvalue weighted by atomic mass is 10.0. The summed E-state index contributed by atoms with van der Waals surface area (Å²) in [5.41, 5.74) is 0.0358. The Morgan fingerprint density at radius 3 is 2.00 bits per heavy atom. The Balaban J connectivity index is 2.85. The maximum Gasteiger partial charge on any atom is 0.338 e. The molecule has 1 aromatic carbocycles. The van der Waals surface area contributed by atoms with Crippen molar-refractivity contribution in [2.75, 3.05) is 13.2 Å². The van der Waals surface area contributed by atoms with E-state index in [4.69, 9.17) is 20.1 Å². The molecule has 0 aliphatic rings. The first-order valence-corrected chi connectivity index (χ1v) is 6.16. The van der Waals surface area contributed by atoms with Gasteiger partial charge in [-0.25, -0.2) is 4.79 Å². The summed E-state index contributed by atoms with van der Waals surface area (Å²) in [7, 11) is 0. The Morgan fingerprint density at radius 2 is 1.52 bits per heavy atom. The number of benzene rings is 1. The van der Waals surface area contributed by atoms with E-state index < -0.39 is 43.6 Å². The zero-order valence-electron chi connectivity index (χ0n) is 11.0. The summed E-state index contributed by atoms with van der Waals surface area (Å²) in [6.45, 7) is -1.63. The third kappa shape index (κ3) is 4.66. The molecule has 0 fully saturated rings. The second-order valence-electron chi connectivity index (χ2n) is 4.41. The van der Waals surface area contributed by atoms with Crippen molar-refractivity contribution in [3.05, 3.63) is 29.8 Å². The molecule has 0 aliphatic carbocycles. The number of carbonyl (C=O) groups is 1. The van der Waals surface area contributed by atoms with Crippen LogP contribution in [0.1, 0.15) is 10.4 Å². The number of aliphatic hydroxyl groups excluding tert-OH is 5. The third-order valence-electron chi connectivity index (χ3n) is 2.83. The smallest absolute Gasteiger partial charge is 0.338 e. The number of esters is 1. The fraction of sp³-hybridized carbons (Fsp3) is 0.462. The molecule has 0 saturated carbocycles. The number of ether oxygens (including phenoxy) is 1. The van der Waals surface area contributed by atoms with Gasteiger partial charge in [0.2, 0.25) is 0 Å². The topological polar surface area (TPSA) is 148 Å². The standard InChI is InChI=1S/C13H18O8/c14-5-9(17)11(19)12(10(18)6-15)21-13(20)7-1-3-8(16)4-2-7/h1-4,9-12,14-19H,5-6H2/t9-,10+,11-,12+/m1/s1. The Kier molecular flexibility index (Phi) is 6.53. The van der Waals surface area contributed by atoms with Gasteiger partial charge in [-0.1, -0.05) is 0 Å². The second kappa shape index (κ2) is 7.91. The summed E-state index contributed by atoms with van der Waals surface area (Å²) in [5.74, 6) is -0.995. The Morgan fingerprint density at radius 1 is 1.00 bits per heavy atom. The molecule has 21 heavy (non-hydrogen) atoms. The van der Waals surface area contributed by atoms with Gasteiger partial charge < -0.3 is 35.4 Å². The van der Waals surface area contributed by atoms with E-state index in [0.717, 1.165) is 0 Å². The van der Waals surface area contributed by atoms with Crippen molar-refractivity contribution < 1.29 is 40.2 Å². The van der Waals surface area contributed by atoms with Gasteiger partial charge in [-0.15, -0.1) is 0 Å². The fourth-order valence-corrected chi connectivity index (χ4v) is 1.60. The van der Waals surface area contributed by atoms with E-state index >= 15 is 0 Å². The lowest BCUT2D eigenvalue weighted by Crippen LogP contribution is -2.49. The van der Waals surface area contributed by atoms with E-state index in [1.165, 1.54) is 24.3 Å². The van der Waals surface area contributed by atoms with Crippen LogP contribution in [0.3, 0.4) is 0 Å². The lowest BCUT2D eigenvalue weighted by molar-refractivity contribution is -0.128. The summed E-state index contributed by atoms with van der Waals surface area (Å²) in [6.07, 6.45) is -6.69. The normalized spacial score (nSPS) is 16.8. The van der Waals surface area contributed by atoms with Crippen molar-refractivity contribution in [1.82, 2.24) is 0 Å². The van der Waals surface area contributed by atoms with Gasteiger partial charge in [-0.3, -0.25) is 0 Å². The number of phenols is 1. The summed E-state index contributed by atoms with van der Waals surface area (Å²) in [6, 6.07) is 5.00. The van der Waals surface area contributed by atoms with Gasteiger partial charge in [0.05, 0.1) is 18.8 Å². The molecule has 6 N–H and O–H groups in total. The number of aromatic hydroxyl groups is 1. The van der Waals surface area contributed by atoms with E-state index in [0.29, 0.717) is 0 Å². The molecule has 8 heteroatoms. The van der Waals surface area contributed by atoms with Gasteiger partial charge in [0, 0.05) is 0 Å². The molecule has 0 aromatic heterocycles. The second-order valence-corrected chi connectivity index (χ2v) is 4.41. The van der Waals surface area contributed by atoms with Gasteiger partial charge in [-0.05, 0) is 24.3 Å². The van der Waals surface area contributed by atoms with Crippen molar-refractivity contribution in [2.24, 2.45) is 0 Å². The molecule has 0 heterocycles. The zero-order valence-corrected chi connectivity index (χ0v) is 11.0. The minimum absolute atomic E-state index is 0.0358. The van der Waals surface area contributed by atoms with Gasteiger partial charge in [0.1, 0.15) is 24.1 Å². The average Bonchev–Trinajstić information content (AvgIpc) is 2.50. The summed E-state index contributed by atoms with van der Waals surface area (Å²) < 4.78 is 4.86. The van der Waals surface area contributed by atoms with Crippen molar-refractivity contribution in [1.29, 1.82) is 0 Å². The number of hydrogen-bond donors (Lipinski definition) is 6. The van der Waals surface area contributed by atoms with Crippen molar-refractivity contribution >= 4 is 5.97 Å². The Hall–Kier alpha value is -1.71. The van der Waals surface area contributed by atoms with Gasteiger partial charge in [0.15, 0.2) is 6.10 Å². The molecule has 4 atom stereocenters. The van der Waals surface area contributed by atoms with Crippen LogP contribution in [0.15, 0.2) is 24.3 Å². The molecule has 0 spiro atoms. The zero-order chi connectivity index (χ0) is 16.0. The van der Waals surface area contributed by atoms with Crippen LogP contribution in [-0.4, -0.2) is 74.2 Å². The minimum atomic E-state index is -1.78. The number of phenolic OH excluding ortho intramolecular Hbond substituents is 1. The van der Waals surface area contributed by atoms with E-state index in [-0.39, 0.29) is 11.3 Å². The highest BCUT2D eigenvalue weighted by molar-refractivity contribution is 5.89. The molecule has 0 unspecified atom stereocenters. The van der Waals surface area contributed by atoms with E-state index in [1.807, 2.05) is 0 Å². The summed E-state index contributed by atoms with van der Waals surface area (Å²) in [4.78, 5) is 11.9. The molecule has 1 rings (SSSR count). The SMILES string of the molecule is O=C(O[C@H]([C@H](O)[C@H](O)CO)[C@@H](O)CO)c1ccc(O)cc1. The van der Waals surface area contributed by atoms with E-state index in [9.17, 15) is 20.1 Å². The predicted molar refractivity (Wildman–Crippen MR) is 69.5 cm³/mol. The van der Waals surface area contributed by atoms with Crippen molar-refractivity contribution in [3.8, 4) is 5.75 Å². The van der Waals surface area contributed by atoms with Crippen LogP contribution in [0.25, 0.3) is 0 Å². The highest BCUT2D eigenvalue weighted by Crippen LogP contribution is 2.15. The molecule has 1 aromatic rings. The highest BCUT2D eigenvalue weighted by atomic mass is 16.6. The van der Waals surface area contributed by atoms with Gasteiger partial charge in [0.25, 0.3) is 0 Å². The van der Waals surface area contributed by atoms with Gasteiger partial charge in [-0.2, -0.15) is 0 Å². The van der Waals surface area contributed by atoms with Crippen LogP contribution in [0.2, 0.25) is 0 Å². The minimum Gasteiger partial charge on any atom is -0.508 e. The van der Waals surface area contributed by atoms with Gasteiger partial charge >= 0.3 is 5.97 Å². The van der Waals surface area contributed by atoms with Crippen LogP contribution in [-0.2, 0) is 4.74 Å². The predicted octanol–water partition coefficient (Wildman–Crippen LogP) is -2.02. The van der Waals surface area contributed by atoms with Crippen LogP contribution < -0.4 is 0 Å². The molecule has 0 aliphatic heterocycles. The first-order valence-electron chi connectivity index (χ1n) is 6.16. The number of hydrogen-bond acceptors (Lipinski definition) is 8. The molecule has 0 amide bonds. The highest BCUT2D eigenvalue weighted by Gasteiger charge is 2.35. The Bertz CT molecular complexity index is 446. The maximum atomic E-state index is 11.9. The first-order chi connectivity index (χ1) is 9.90. The molecule has 0 bridgehead atoms. The number of rotatable bonds is 7. The molecular weight excluding hydrogens is 284 g/mol. The van der Waals surface area contributed by atoms with Crippen LogP contribution in [0.5, 0.6) is 5.75 Å². The molecule has 118 valence electrons. The lowest BCUT2D eigenvalue weighted by Gasteiger charge is -2.28. The quantitative estimate of drug-likeness (QED) is 0.316. The van der Waals surface area contributed by atoms with Crippen LogP contribution in [0, 0.1) is 0 Å². The molecule has 8 nitrogen and oxygen atoms in total. The number of carbonyl (C=O) groups excluding carboxylic acids is 1. The van der Waals surface area contributed by atoms with Crippen molar-refractivity contribution in [2.45, 2.75) is 24.4 Å². The third-order valence-corrected chi connectivity index (χ3v) is 2.83. The number of aliphatic hydroxyl groups is 5. The Labute approximate surface area is 120 Å². The maximum absolute atomic E-state index is 11.9. The fourth-order valence-electron chi connectivity index (χ4n) is 1.60. The largest absolute Gasteiger partial charge is 0.508 e. The first kappa shape index (κ1) is 17.3. The average molecular weight is 302 g/mol. The molecule has 0 saturated heterocycles. The monoisotopic (exact) mass is 302 g/mol. The molecular formula is C13H18O8. The van der Waals surface area contributed by atoms with Crippen molar-refractivity contribution in [3.63, 3.8) is 0 Å².